The van der Waals surface area contributed by atoms with Crippen LogP contribution in [0.5, 0.6) is 0 Å². The Balaban J connectivity index is 0.000000810. The first-order valence-corrected chi connectivity index (χ1v) is 3.00. The number of aliphatic hydroxyl groups excluding tert-OH is 1. The zero-order valence-electron chi connectivity index (χ0n) is 5.04. The first-order valence-electron chi connectivity index (χ1n) is 2.59. The maximum atomic E-state index is 8.76. The molecule has 1 radical (unpaired) electrons. The summed E-state index contributed by atoms with van der Waals surface area (Å²) in [6, 6.07) is 9.07. The summed E-state index contributed by atoms with van der Waals surface area (Å²) in [5, 5.41) is 8.71. The molecule has 10 heavy (non-hydrogen) atoms. The first-order chi connectivity index (χ1) is 4.30. The minimum absolute atomic E-state index is 0. The summed E-state index contributed by atoms with van der Waals surface area (Å²) in [6.45, 7) is 0. The summed E-state index contributed by atoms with van der Waals surface area (Å²) in [4.78, 5) is 0. The van der Waals surface area contributed by atoms with Crippen molar-refractivity contribution < 1.29 is 22.2 Å². The Labute approximate surface area is 75.5 Å². The van der Waals surface area contributed by atoms with Gasteiger partial charge in [0.1, 0.15) is 0 Å². The smallest absolute Gasteiger partial charge is 0.188 e. The van der Waals surface area contributed by atoms with E-state index in [1.807, 2.05) is 18.2 Å². The third-order valence-corrected chi connectivity index (χ3v) is 1.26. The van der Waals surface area contributed by atoms with Gasteiger partial charge in [0.25, 0.3) is 0 Å². The van der Waals surface area contributed by atoms with E-state index in [2.05, 4.69) is 12.2 Å². The van der Waals surface area contributed by atoms with Crippen LogP contribution in [-0.4, -0.2) is 10.2 Å². The molecule has 0 unspecified atom stereocenters. The molecule has 1 N–H and O–H groups in total. The Hall–Kier alpha value is -0.371. The van der Waals surface area contributed by atoms with Gasteiger partial charge in [-0.2, -0.15) is 0 Å². The fourth-order valence-electron chi connectivity index (χ4n) is 0.581. The van der Waals surface area contributed by atoms with E-state index in [1.54, 1.807) is 12.1 Å². The molecule has 0 bridgehead atoms. The topological polar surface area (TPSA) is 20.2 Å². The molecule has 0 heterocycles. The van der Waals surface area contributed by atoms with E-state index < -0.39 is 0 Å². The zero-order valence-corrected chi connectivity index (χ0v) is 6.80. The van der Waals surface area contributed by atoms with Gasteiger partial charge >= 0.3 is 0 Å². The quantitative estimate of drug-likeness (QED) is 0.554. The predicted octanol–water partition coefficient (Wildman–Crippen LogP) is 1.92. The van der Waals surface area contributed by atoms with Crippen LogP contribution in [0.3, 0.4) is 0 Å². The number of hydrogen-bond donors (Lipinski definition) is 1. The number of rotatable bonds is 1. The number of hydrogen-bond acceptors (Lipinski definition) is 1. The van der Waals surface area contributed by atoms with Crippen molar-refractivity contribution in [3.8, 4) is 0 Å². The van der Waals surface area contributed by atoms with Gasteiger partial charge in [-0.05, 0) is 12.2 Å². The van der Waals surface area contributed by atoms with E-state index in [0.717, 1.165) is 0 Å². The predicted molar refractivity (Wildman–Crippen MR) is 40.8 cm³/mol. The van der Waals surface area contributed by atoms with Crippen LogP contribution >= 0.6 is 12.2 Å². The average molecular weight is 202 g/mol. The van der Waals surface area contributed by atoms with Gasteiger partial charge in [-0.15, -0.1) is 0 Å². The molecule has 0 spiro atoms. The molecule has 0 atom stereocenters. The van der Waals surface area contributed by atoms with Crippen molar-refractivity contribution in [1.29, 1.82) is 0 Å². The number of thiocarbonyl (C=S) groups is 1. The summed E-state index contributed by atoms with van der Waals surface area (Å²) < 4.78 is 0. The number of benzene rings is 1. The summed E-state index contributed by atoms with van der Waals surface area (Å²) in [6.07, 6.45) is 0. The second-order valence-electron chi connectivity index (χ2n) is 1.67. The molecule has 1 rings (SSSR count). The maximum absolute atomic E-state index is 8.76. The van der Waals surface area contributed by atoms with Crippen molar-refractivity contribution in [1.82, 2.24) is 0 Å². The largest absolute Gasteiger partial charge is 0.499 e. The molecule has 0 saturated heterocycles. The van der Waals surface area contributed by atoms with E-state index in [1.165, 1.54) is 0 Å². The fraction of sp³-hybridized carbons (Fsp3) is 0. The molecule has 3 heteroatoms. The monoisotopic (exact) mass is 201 g/mol. The van der Waals surface area contributed by atoms with Crippen molar-refractivity contribution in [3.63, 3.8) is 0 Å². The van der Waals surface area contributed by atoms with Crippen LogP contribution in [0.2, 0.25) is 0 Å². The van der Waals surface area contributed by atoms with Crippen molar-refractivity contribution in [3.05, 3.63) is 35.9 Å². The Kier molecular flexibility index (Phi) is 4.28. The van der Waals surface area contributed by atoms with Gasteiger partial charge in [0.2, 0.25) is 0 Å². The molecule has 0 saturated carbocycles. The van der Waals surface area contributed by atoms with Gasteiger partial charge in [0, 0.05) is 22.6 Å². The van der Waals surface area contributed by atoms with Crippen LogP contribution in [-0.2, 0) is 17.1 Å². The van der Waals surface area contributed by atoms with Crippen LogP contribution in [0.1, 0.15) is 5.56 Å². The zero-order chi connectivity index (χ0) is 6.69. The summed E-state index contributed by atoms with van der Waals surface area (Å²) in [7, 11) is 0. The number of aliphatic hydroxyl groups is 1. The van der Waals surface area contributed by atoms with E-state index >= 15 is 0 Å². The van der Waals surface area contributed by atoms with E-state index in [4.69, 9.17) is 5.11 Å². The molecular formula is C7H6CuOS. The summed E-state index contributed by atoms with van der Waals surface area (Å²) >= 11 is 4.52. The van der Waals surface area contributed by atoms with E-state index in [9.17, 15) is 0 Å². The summed E-state index contributed by atoms with van der Waals surface area (Å²) in [5.41, 5.74) is 0.701. The van der Waals surface area contributed by atoms with Gasteiger partial charge in [0.15, 0.2) is 5.05 Å². The Bertz CT molecular complexity index is 210. The minimum Gasteiger partial charge on any atom is -0.499 e. The normalized spacial score (nSPS) is 8.00. The molecule has 1 aromatic carbocycles. The van der Waals surface area contributed by atoms with Crippen LogP contribution in [0.15, 0.2) is 30.3 Å². The third-order valence-electron chi connectivity index (χ3n) is 1.02. The maximum Gasteiger partial charge on any atom is 0.188 e. The SMILES string of the molecule is OC(=S)c1ccccc1.[Cu]. The molecule has 0 aromatic heterocycles. The van der Waals surface area contributed by atoms with Crippen molar-refractivity contribution in [2.24, 2.45) is 0 Å². The molecule has 1 aromatic rings. The molecule has 0 aliphatic carbocycles. The molecule has 0 aliphatic rings. The second kappa shape index (κ2) is 4.45. The Morgan fingerprint density at radius 2 is 1.70 bits per heavy atom. The third kappa shape index (κ3) is 2.48. The standard InChI is InChI=1S/C7H6OS.Cu/c8-7(9)6-4-2-1-3-5-6;/h1-5H,(H,8,9);. The van der Waals surface area contributed by atoms with Crippen molar-refractivity contribution in [2.75, 3.05) is 0 Å². The van der Waals surface area contributed by atoms with Crippen molar-refractivity contribution >= 4 is 17.3 Å². The van der Waals surface area contributed by atoms with Crippen LogP contribution in [0, 0.1) is 0 Å². The van der Waals surface area contributed by atoms with Gasteiger partial charge in [-0.1, -0.05) is 30.3 Å². The molecule has 0 fully saturated rings. The van der Waals surface area contributed by atoms with E-state index in [0.29, 0.717) is 5.56 Å². The van der Waals surface area contributed by atoms with Crippen LogP contribution < -0.4 is 0 Å². The minimum atomic E-state index is -0.0457. The van der Waals surface area contributed by atoms with Gasteiger partial charge < -0.3 is 5.11 Å². The van der Waals surface area contributed by atoms with Crippen LogP contribution in [0.25, 0.3) is 0 Å². The van der Waals surface area contributed by atoms with Gasteiger partial charge in [-0.25, -0.2) is 0 Å². The summed E-state index contributed by atoms with van der Waals surface area (Å²) in [5.74, 6) is 0. The molecule has 0 aliphatic heterocycles. The first kappa shape index (κ1) is 9.63. The average Bonchev–Trinajstić information content (AvgIpc) is 1.90. The molecule has 1 nitrogen and oxygen atoms in total. The molecule has 57 valence electrons. The van der Waals surface area contributed by atoms with Gasteiger partial charge in [0.05, 0.1) is 0 Å². The van der Waals surface area contributed by atoms with Crippen LogP contribution in [0.4, 0.5) is 0 Å². The Morgan fingerprint density at radius 1 is 1.20 bits per heavy atom. The Morgan fingerprint density at radius 3 is 2.00 bits per heavy atom. The fourth-order valence-corrected chi connectivity index (χ4v) is 0.717. The van der Waals surface area contributed by atoms with Gasteiger partial charge in [-0.3, -0.25) is 0 Å². The second-order valence-corrected chi connectivity index (χ2v) is 2.06. The van der Waals surface area contributed by atoms with E-state index in [-0.39, 0.29) is 22.1 Å². The molecule has 0 amide bonds. The molecular weight excluding hydrogens is 196 g/mol. The van der Waals surface area contributed by atoms with Crippen molar-refractivity contribution in [2.45, 2.75) is 0 Å².